The Balaban J connectivity index is 2.52. The molecule has 0 spiro atoms. The predicted octanol–water partition coefficient (Wildman–Crippen LogP) is 1.85. The third-order valence-corrected chi connectivity index (χ3v) is 2.35. The van der Waals surface area contributed by atoms with Crippen molar-refractivity contribution in [2.75, 3.05) is 18.5 Å². The van der Waals surface area contributed by atoms with E-state index >= 15 is 0 Å². The van der Waals surface area contributed by atoms with E-state index in [9.17, 15) is 0 Å². The van der Waals surface area contributed by atoms with Crippen molar-refractivity contribution in [3.63, 3.8) is 0 Å². The first-order valence-corrected chi connectivity index (χ1v) is 5.18. The zero-order valence-electron chi connectivity index (χ0n) is 8.66. The summed E-state index contributed by atoms with van der Waals surface area (Å²) >= 11 is 5.83. The van der Waals surface area contributed by atoms with Crippen molar-refractivity contribution in [3.05, 3.63) is 11.5 Å². The third-order valence-electron chi connectivity index (χ3n) is 2.18. The predicted molar refractivity (Wildman–Crippen MR) is 60.3 cm³/mol. The largest absolute Gasteiger partial charge is 0.359 e. The summed E-state index contributed by atoms with van der Waals surface area (Å²) in [4.78, 5) is 10.3. The number of aromatic nitrogens is 4. The second kappa shape index (κ2) is 4.02. The molecule has 2 aromatic rings. The number of halogens is 1. The van der Waals surface area contributed by atoms with Gasteiger partial charge in [-0.3, -0.25) is 5.10 Å². The van der Waals surface area contributed by atoms with Gasteiger partial charge in [-0.15, -0.1) is 0 Å². The average Bonchev–Trinajstić information content (AvgIpc) is 2.64. The van der Waals surface area contributed by atoms with Gasteiger partial charge in [0.05, 0.1) is 11.6 Å². The molecule has 6 heteroatoms. The van der Waals surface area contributed by atoms with Gasteiger partial charge in [0.15, 0.2) is 5.65 Å². The van der Waals surface area contributed by atoms with Crippen LogP contribution in [0, 0.1) is 0 Å². The Kier molecular flexibility index (Phi) is 2.73. The summed E-state index contributed by atoms with van der Waals surface area (Å²) in [5.74, 6) is 0.820. The fraction of sp³-hybridized carbons (Fsp3) is 0.444. The Morgan fingerprint density at radius 2 is 2.27 bits per heavy atom. The molecule has 5 nitrogen and oxygen atoms in total. The molecule has 0 amide bonds. The van der Waals surface area contributed by atoms with Gasteiger partial charge in [-0.1, -0.05) is 6.92 Å². The lowest BCUT2D eigenvalue weighted by Gasteiger charge is -2.17. The van der Waals surface area contributed by atoms with Gasteiger partial charge >= 0.3 is 0 Å². The van der Waals surface area contributed by atoms with Gasteiger partial charge in [0.1, 0.15) is 5.82 Å². The van der Waals surface area contributed by atoms with E-state index in [1.54, 1.807) is 6.20 Å². The number of anilines is 1. The highest BCUT2D eigenvalue weighted by atomic mass is 35.5. The van der Waals surface area contributed by atoms with Gasteiger partial charge in [-0.05, 0) is 18.0 Å². The molecule has 15 heavy (non-hydrogen) atoms. The van der Waals surface area contributed by atoms with E-state index < -0.39 is 0 Å². The van der Waals surface area contributed by atoms with Crippen molar-refractivity contribution in [2.24, 2.45) is 0 Å². The van der Waals surface area contributed by atoms with Crippen LogP contribution < -0.4 is 4.90 Å². The summed E-state index contributed by atoms with van der Waals surface area (Å²) in [7, 11) is 1.98. The van der Waals surface area contributed by atoms with Gasteiger partial charge in [0, 0.05) is 13.6 Å². The number of aromatic amines is 1. The number of hydrogen-bond donors (Lipinski definition) is 1. The quantitative estimate of drug-likeness (QED) is 0.810. The normalized spacial score (nSPS) is 10.9. The molecule has 0 aromatic carbocycles. The molecular formula is C9H12ClN5. The molecule has 80 valence electrons. The van der Waals surface area contributed by atoms with Crippen LogP contribution in [0.2, 0.25) is 5.28 Å². The van der Waals surface area contributed by atoms with Crippen molar-refractivity contribution in [2.45, 2.75) is 13.3 Å². The molecule has 0 aliphatic rings. The summed E-state index contributed by atoms with van der Waals surface area (Å²) in [6, 6.07) is 0. The first-order valence-electron chi connectivity index (χ1n) is 4.80. The first-order chi connectivity index (χ1) is 7.22. The van der Waals surface area contributed by atoms with Crippen LogP contribution in [0.4, 0.5) is 5.82 Å². The second-order valence-electron chi connectivity index (χ2n) is 3.37. The number of nitrogens with zero attached hydrogens (tertiary/aromatic N) is 4. The molecule has 1 N–H and O–H groups in total. The van der Waals surface area contributed by atoms with Crippen LogP contribution in [0.25, 0.3) is 11.0 Å². The summed E-state index contributed by atoms with van der Waals surface area (Å²) in [5.41, 5.74) is 0.674. The van der Waals surface area contributed by atoms with Gasteiger partial charge < -0.3 is 4.90 Å². The number of rotatable bonds is 3. The van der Waals surface area contributed by atoms with Crippen LogP contribution >= 0.6 is 11.6 Å². The molecule has 2 aromatic heterocycles. The van der Waals surface area contributed by atoms with E-state index in [0.717, 1.165) is 24.2 Å². The molecule has 0 saturated heterocycles. The maximum Gasteiger partial charge on any atom is 0.226 e. The zero-order valence-corrected chi connectivity index (χ0v) is 9.41. The third kappa shape index (κ3) is 1.87. The molecule has 0 fully saturated rings. The van der Waals surface area contributed by atoms with Gasteiger partial charge in [-0.25, -0.2) is 0 Å². The monoisotopic (exact) mass is 225 g/mol. The standard InChI is InChI=1S/C9H12ClN5/c1-3-4-15(2)8-6-5-11-14-7(6)12-9(10)13-8/h5H,3-4H2,1-2H3,(H,11,12,13,14). The topological polar surface area (TPSA) is 57.7 Å². The zero-order chi connectivity index (χ0) is 10.8. The van der Waals surface area contributed by atoms with Crippen LogP contribution in [0.5, 0.6) is 0 Å². The number of H-pyrrole nitrogens is 1. The van der Waals surface area contributed by atoms with Crippen molar-refractivity contribution < 1.29 is 0 Å². The molecule has 2 heterocycles. The van der Waals surface area contributed by atoms with E-state index in [-0.39, 0.29) is 5.28 Å². The molecule has 0 aliphatic carbocycles. The van der Waals surface area contributed by atoms with Crippen LogP contribution in [0.15, 0.2) is 6.20 Å². The highest BCUT2D eigenvalue weighted by molar-refractivity contribution is 6.28. The fourth-order valence-electron chi connectivity index (χ4n) is 1.53. The molecule has 0 aliphatic heterocycles. The van der Waals surface area contributed by atoms with E-state index in [0.29, 0.717) is 5.65 Å². The lowest BCUT2D eigenvalue weighted by Crippen LogP contribution is -2.19. The molecule has 2 rings (SSSR count). The Labute approximate surface area is 92.5 Å². The first kappa shape index (κ1) is 10.2. The minimum atomic E-state index is 0.240. The van der Waals surface area contributed by atoms with Crippen molar-refractivity contribution >= 4 is 28.5 Å². The van der Waals surface area contributed by atoms with Crippen molar-refractivity contribution in [1.82, 2.24) is 20.2 Å². The molecule has 0 saturated carbocycles. The van der Waals surface area contributed by atoms with Crippen molar-refractivity contribution in [1.29, 1.82) is 0 Å². The van der Waals surface area contributed by atoms with E-state index in [2.05, 4.69) is 27.1 Å². The summed E-state index contributed by atoms with van der Waals surface area (Å²) in [5, 5.41) is 7.86. The molecule has 0 unspecified atom stereocenters. The Bertz CT molecular complexity index is 466. The molecular weight excluding hydrogens is 214 g/mol. The average molecular weight is 226 g/mol. The summed E-state index contributed by atoms with van der Waals surface area (Å²) < 4.78 is 0. The fourth-order valence-corrected chi connectivity index (χ4v) is 1.69. The Hall–Kier alpha value is -1.36. The minimum absolute atomic E-state index is 0.240. The van der Waals surface area contributed by atoms with E-state index in [1.807, 2.05) is 11.9 Å². The van der Waals surface area contributed by atoms with Crippen LogP contribution in [0.3, 0.4) is 0 Å². The van der Waals surface area contributed by atoms with Crippen LogP contribution in [-0.4, -0.2) is 33.8 Å². The molecule has 0 bridgehead atoms. The maximum atomic E-state index is 5.83. The maximum absolute atomic E-state index is 5.83. The summed E-state index contributed by atoms with van der Waals surface area (Å²) in [6.45, 7) is 3.04. The lowest BCUT2D eigenvalue weighted by molar-refractivity contribution is 0.840. The Morgan fingerprint density at radius 3 is 3.00 bits per heavy atom. The van der Waals surface area contributed by atoms with Crippen LogP contribution in [0.1, 0.15) is 13.3 Å². The SMILES string of the molecule is CCCN(C)c1nc(Cl)nc2[nH]ncc12. The van der Waals surface area contributed by atoms with E-state index in [4.69, 9.17) is 11.6 Å². The molecule has 0 radical (unpaired) electrons. The highest BCUT2D eigenvalue weighted by Crippen LogP contribution is 2.22. The number of fused-ring (bicyclic) bond motifs is 1. The number of hydrogen-bond acceptors (Lipinski definition) is 4. The minimum Gasteiger partial charge on any atom is -0.359 e. The van der Waals surface area contributed by atoms with Gasteiger partial charge in [-0.2, -0.15) is 15.1 Å². The van der Waals surface area contributed by atoms with Gasteiger partial charge in [0.25, 0.3) is 0 Å². The summed E-state index contributed by atoms with van der Waals surface area (Å²) in [6.07, 6.45) is 2.77. The lowest BCUT2D eigenvalue weighted by atomic mass is 10.3. The smallest absolute Gasteiger partial charge is 0.226 e. The van der Waals surface area contributed by atoms with Crippen molar-refractivity contribution in [3.8, 4) is 0 Å². The number of nitrogens with one attached hydrogen (secondary N) is 1. The highest BCUT2D eigenvalue weighted by Gasteiger charge is 2.11. The van der Waals surface area contributed by atoms with Crippen LogP contribution in [-0.2, 0) is 0 Å². The molecule has 0 atom stereocenters. The van der Waals surface area contributed by atoms with E-state index in [1.165, 1.54) is 0 Å². The Morgan fingerprint density at radius 1 is 1.47 bits per heavy atom. The second-order valence-corrected chi connectivity index (χ2v) is 3.71. The van der Waals surface area contributed by atoms with Gasteiger partial charge in [0.2, 0.25) is 5.28 Å².